The van der Waals surface area contributed by atoms with Gasteiger partial charge in [-0.2, -0.15) is 0 Å². The van der Waals surface area contributed by atoms with Crippen LogP contribution in [0.4, 0.5) is 16.2 Å². The number of nitrogens with zero attached hydrogens (tertiary/aromatic N) is 1. The molecule has 0 saturated carbocycles. The summed E-state index contributed by atoms with van der Waals surface area (Å²) in [5.74, 6) is -0.533. The number of amides is 1. The van der Waals surface area contributed by atoms with E-state index < -0.39 is 18.7 Å². The van der Waals surface area contributed by atoms with E-state index in [2.05, 4.69) is 0 Å². The maximum absolute atomic E-state index is 12.8. The minimum absolute atomic E-state index is 0.0780. The molecule has 6 nitrogen and oxygen atoms in total. The summed E-state index contributed by atoms with van der Waals surface area (Å²) in [6, 6.07) is 24.0. The summed E-state index contributed by atoms with van der Waals surface area (Å²) < 4.78 is 10.8. The quantitative estimate of drug-likeness (QED) is 0.528. The van der Waals surface area contributed by atoms with E-state index in [9.17, 15) is 9.59 Å². The van der Waals surface area contributed by atoms with E-state index in [-0.39, 0.29) is 6.61 Å². The van der Waals surface area contributed by atoms with Crippen LogP contribution in [0.2, 0.25) is 0 Å². The summed E-state index contributed by atoms with van der Waals surface area (Å²) in [7, 11) is 0. The Labute approximate surface area is 181 Å². The van der Waals surface area contributed by atoms with Crippen molar-refractivity contribution < 1.29 is 24.2 Å². The SMILES string of the molecule is Cc1c(/C=C\COC(=O)N(c2ccccc2)c2ccccc2)cccc1OCC(=O)O. The summed E-state index contributed by atoms with van der Waals surface area (Å²) in [4.78, 5) is 25.0. The second kappa shape index (κ2) is 10.6. The molecule has 3 aromatic carbocycles. The van der Waals surface area contributed by atoms with Gasteiger partial charge in [0.25, 0.3) is 0 Å². The summed E-state index contributed by atoms with van der Waals surface area (Å²) in [6.07, 6.45) is 3.05. The van der Waals surface area contributed by atoms with Gasteiger partial charge in [-0.1, -0.05) is 54.6 Å². The molecule has 0 radical (unpaired) electrons. The zero-order valence-electron chi connectivity index (χ0n) is 17.1. The Kier molecular flexibility index (Phi) is 7.43. The lowest BCUT2D eigenvalue weighted by Crippen LogP contribution is -2.26. The fraction of sp³-hybridized carbons (Fsp3) is 0.120. The van der Waals surface area contributed by atoms with E-state index in [1.54, 1.807) is 18.2 Å². The van der Waals surface area contributed by atoms with Crippen molar-refractivity contribution in [3.8, 4) is 5.75 Å². The number of carboxylic acid groups (broad SMARTS) is 1. The third-order valence-electron chi connectivity index (χ3n) is 4.49. The van der Waals surface area contributed by atoms with E-state index in [4.69, 9.17) is 14.6 Å². The second-order valence-corrected chi connectivity index (χ2v) is 6.64. The van der Waals surface area contributed by atoms with E-state index in [1.165, 1.54) is 4.90 Å². The number of hydrogen-bond donors (Lipinski definition) is 1. The Morgan fingerprint density at radius 1 is 0.903 bits per heavy atom. The zero-order chi connectivity index (χ0) is 22.1. The molecule has 3 aromatic rings. The molecule has 0 unspecified atom stereocenters. The highest BCUT2D eigenvalue weighted by Crippen LogP contribution is 2.26. The minimum Gasteiger partial charge on any atom is -0.482 e. The highest BCUT2D eigenvalue weighted by molar-refractivity contribution is 5.95. The molecule has 6 heteroatoms. The fourth-order valence-corrected chi connectivity index (χ4v) is 2.98. The Hall–Kier alpha value is -4.06. The summed E-state index contributed by atoms with van der Waals surface area (Å²) in [6.45, 7) is 1.52. The Bertz CT molecular complexity index is 1010. The monoisotopic (exact) mass is 417 g/mol. The van der Waals surface area contributed by atoms with Crippen molar-refractivity contribution in [3.63, 3.8) is 0 Å². The zero-order valence-corrected chi connectivity index (χ0v) is 17.1. The summed E-state index contributed by atoms with van der Waals surface area (Å²) >= 11 is 0. The fourth-order valence-electron chi connectivity index (χ4n) is 2.98. The molecule has 0 fully saturated rings. The number of ether oxygens (including phenoxy) is 2. The number of hydrogen-bond acceptors (Lipinski definition) is 4. The highest BCUT2D eigenvalue weighted by atomic mass is 16.6. The molecule has 0 aromatic heterocycles. The topological polar surface area (TPSA) is 76.1 Å². The Morgan fingerprint density at radius 2 is 1.52 bits per heavy atom. The molecule has 158 valence electrons. The summed E-state index contributed by atoms with van der Waals surface area (Å²) in [5.41, 5.74) is 3.08. The Morgan fingerprint density at radius 3 is 2.10 bits per heavy atom. The standard InChI is InChI=1S/C25H23NO5/c1-19-20(10-8-16-23(19)31-18-24(27)28)11-9-17-30-25(29)26(21-12-4-2-5-13-21)22-14-6-3-7-15-22/h2-16H,17-18H2,1H3,(H,27,28)/b11-9-. The third-order valence-corrected chi connectivity index (χ3v) is 4.49. The van der Waals surface area contributed by atoms with E-state index in [0.717, 1.165) is 11.1 Å². The van der Waals surface area contributed by atoms with Gasteiger partial charge in [-0.3, -0.25) is 0 Å². The van der Waals surface area contributed by atoms with Crippen LogP contribution in [-0.4, -0.2) is 30.4 Å². The average molecular weight is 417 g/mol. The lowest BCUT2D eigenvalue weighted by molar-refractivity contribution is -0.139. The van der Waals surface area contributed by atoms with Crippen molar-refractivity contribution in [1.82, 2.24) is 0 Å². The molecule has 0 spiro atoms. The molecular weight excluding hydrogens is 394 g/mol. The number of carboxylic acids is 1. The first-order valence-corrected chi connectivity index (χ1v) is 9.74. The van der Waals surface area contributed by atoms with Crippen molar-refractivity contribution in [2.45, 2.75) is 6.92 Å². The van der Waals surface area contributed by atoms with Gasteiger partial charge in [0, 0.05) is 0 Å². The van der Waals surface area contributed by atoms with Gasteiger partial charge in [0.15, 0.2) is 6.61 Å². The smallest absolute Gasteiger partial charge is 0.419 e. The largest absolute Gasteiger partial charge is 0.482 e. The lowest BCUT2D eigenvalue weighted by Gasteiger charge is -2.22. The first kappa shape index (κ1) is 21.6. The van der Waals surface area contributed by atoms with Crippen LogP contribution in [0.25, 0.3) is 6.08 Å². The van der Waals surface area contributed by atoms with Crippen molar-refractivity contribution in [1.29, 1.82) is 0 Å². The van der Waals surface area contributed by atoms with Crippen LogP contribution in [0, 0.1) is 6.92 Å². The van der Waals surface area contributed by atoms with Gasteiger partial charge in [0.2, 0.25) is 0 Å². The van der Waals surface area contributed by atoms with Gasteiger partial charge in [0.05, 0.1) is 11.4 Å². The van der Waals surface area contributed by atoms with E-state index in [0.29, 0.717) is 17.1 Å². The van der Waals surface area contributed by atoms with Crippen LogP contribution >= 0.6 is 0 Å². The molecule has 0 atom stereocenters. The van der Waals surface area contributed by atoms with Crippen molar-refractivity contribution >= 4 is 29.5 Å². The molecule has 0 bridgehead atoms. The molecule has 1 amide bonds. The highest BCUT2D eigenvalue weighted by Gasteiger charge is 2.18. The van der Waals surface area contributed by atoms with Crippen LogP contribution in [0.5, 0.6) is 5.75 Å². The predicted molar refractivity (Wildman–Crippen MR) is 120 cm³/mol. The molecule has 1 N–H and O–H groups in total. The first-order valence-electron chi connectivity index (χ1n) is 9.74. The number of para-hydroxylation sites is 2. The van der Waals surface area contributed by atoms with Gasteiger partial charge >= 0.3 is 12.1 Å². The molecule has 3 rings (SSSR count). The minimum atomic E-state index is -1.03. The molecule has 0 aliphatic carbocycles. The Balaban J connectivity index is 1.67. The van der Waals surface area contributed by atoms with E-state index >= 15 is 0 Å². The molecule has 31 heavy (non-hydrogen) atoms. The maximum atomic E-state index is 12.8. The van der Waals surface area contributed by atoms with Crippen LogP contribution in [-0.2, 0) is 9.53 Å². The number of aliphatic carboxylic acids is 1. The normalized spacial score (nSPS) is 10.6. The van der Waals surface area contributed by atoms with Crippen LogP contribution < -0.4 is 9.64 Å². The predicted octanol–water partition coefficient (Wildman–Crippen LogP) is 5.45. The molecule has 0 heterocycles. The van der Waals surface area contributed by atoms with Gasteiger partial charge < -0.3 is 14.6 Å². The molecular formula is C25H23NO5. The van der Waals surface area contributed by atoms with Crippen molar-refractivity contribution in [2.24, 2.45) is 0 Å². The lowest BCUT2D eigenvalue weighted by atomic mass is 10.1. The number of rotatable bonds is 8. The van der Waals surface area contributed by atoms with Gasteiger partial charge in [-0.15, -0.1) is 0 Å². The number of anilines is 2. The first-order chi connectivity index (χ1) is 15.1. The number of carbonyl (C=O) groups is 2. The second-order valence-electron chi connectivity index (χ2n) is 6.64. The van der Waals surface area contributed by atoms with Gasteiger partial charge in [0.1, 0.15) is 12.4 Å². The van der Waals surface area contributed by atoms with Crippen LogP contribution in [0.15, 0.2) is 84.9 Å². The van der Waals surface area contributed by atoms with Crippen LogP contribution in [0.3, 0.4) is 0 Å². The number of carbonyl (C=O) groups excluding carboxylic acids is 1. The molecule has 0 aliphatic heterocycles. The van der Waals surface area contributed by atoms with Crippen LogP contribution in [0.1, 0.15) is 11.1 Å². The summed E-state index contributed by atoms with van der Waals surface area (Å²) in [5, 5.41) is 8.78. The van der Waals surface area contributed by atoms with E-state index in [1.807, 2.05) is 79.7 Å². The third kappa shape index (κ3) is 5.96. The van der Waals surface area contributed by atoms with Gasteiger partial charge in [-0.05, 0) is 54.5 Å². The molecule has 0 saturated heterocycles. The van der Waals surface area contributed by atoms with Crippen molar-refractivity contribution in [2.75, 3.05) is 18.1 Å². The van der Waals surface area contributed by atoms with Crippen molar-refractivity contribution in [3.05, 3.63) is 96.1 Å². The molecule has 0 aliphatic rings. The van der Waals surface area contributed by atoms with Gasteiger partial charge in [-0.25, -0.2) is 14.5 Å². The maximum Gasteiger partial charge on any atom is 0.419 e. The number of benzene rings is 3. The average Bonchev–Trinajstić information content (AvgIpc) is 2.78.